The normalized spacial score (nSPS) is 23.3. The fourth-order valence-electron chi connectivity index (χ4n) is 1.76. The summed E-state index contributed by atoms with van der Waals surface area (Å²) in [6.07, 6.45) is 3.55. The molecule has 3 heteroatoms. The Labute approximate surface area is 80.9 Å². The van der Waals surface area contributed by atoms with Crippen molar-refractivity contribution in [2.24, 2.45) is 5.73 Å². The van der Waals surface area contributed by atoms with Crippen molar-refractivity contribution in [1.82, 2.24) is 4.90 Å². The SMILES string of the molecule is [CH2]CCC(O)CN1CCC(N)CC1. The molecule has 0 aliphatic carbocycles. The lowest BCUT2D eigenvalue weighted by Crippen LogP contribution is -2.42. The van der Waals surface area contributed by atoms with Gasteiger partial charge in [0, 0.05) is 12.6 Å². The largest absolute Gasteiger partial charge is 0.392 e. The molecule has 1 heterocycles. The van der Waals surface area contributed by atoms with Crippen molar-refractivity contribution in [2.45, 2.75) is 37.8 Å². The maximum absolute atomic E-state index is 9.55. The zero-order chi connectivity index (χ0) is 9.68. The highest BCUT2D eigenvalue weighted by Gasteiger charge is 2.17. The highest BCUT2D eigenvalue weighted by molar-refractivity contribution is 4.75. The number of hydrogen-bond donors (Lipinski definition) is 2. The molecule has 0 aromatic carbocycles. The maximum Gasteiger partial charge on any atom is 0.0667 e. The number of hydrogen-bond acceptors (Lipinski definition) is 3. The van der Waals surface area contributed by atoms with Crippen molar-refractivity contribution in [3.05, 3.63) is 6.92 Å². The van der Waals surface area contributed by atoms with Crippen LogP contribution in [0, 0.1) is 6.92 Å². The van der Waals surface area contributed by atoms with Gasteiger partial charge in [-0.15, -0.1) is 0 Å². The Balaban J connectivity index is 2.14. The van der Waals surface area contributed by atoms with Crippen molar-refractivity contribution >= 4 is 0 Å². The van der Waals surface area contributed by atoms with Gasteiger partial charge in [0.1, 0.15) is 0 Å². The summed E-state index contributed by atoms with van der Waals surface area (Å²) in [5, 5.41) is 9.55. The number of likely N-dealkylation sites (tertiary alicyclic amines) is 1. The van der Waals surface area contributed by atoms with Crippen LogP contribution in [-0.2, 0) is 0 Å². The molecule has 1 fully saturated rings. The van der Waals surface area contributed by atoms with Gasteiger partial charge in [-0.2, -0.15) is 0 Å². The Morgan fingerprint density at radius 2 is 2.08 bits per heavy atom. The molecule has 3 N–H and O–H groups in total. The van der Waals surface area contributed by atoms with E-state index in [-0.39, 0.29) is 6.10 Å². The van der Waals surface area contributed by atoms with E-state index in [1.54, 1.807) is 0 Å². The van der Waals surface area contributed by atoms with E-state index < -0.39 is 0 Å². The van der Waals surface area contributed by atoms with Crippen molar-refractivity contribution in [3.8, 4) is 0 Å². The molecule has 0 saturated carbocycles. The Hall–Kier alpha value is -0.120. The number of nitrogens with zero attached hydrogens (tertiary/aromatic N) is 1. The molecule has 0 bridgehead atoms. The predicted octanol–water partition coefficient (Wildman–Crippen LogP) is 0.385. The molecular formula is C10H21N2O. The van der Waals surface area contributed by atoms with E-state index in [2.05, 4.69) is 11.8 Å². The van der Waals surface area contributed by atoms with E-state index in [1.165, 1.54) is 0 Å². The highest BCUT2D eigenvalue weighted by atomic mass is 16.3. The van der Waals surface area contributed by atoms with E-state index in [4.69, 9.17) is 5.73 Å². The van der Waals surface area contributed by atoms with Crippen molar-refractivity contribution in [2.75, 3.05) is 19.6 Å². The van der Waals surface area contributed by atoms with Gasteiger partial charge in [0.2, 0.25) is 0 Å². The van der Waals surface area contributed by atoms with E-state index in [1.807, 2.05) is 0 Å². The minimum Gasteiger partial charge on any atom is -0.392 e. The maximum atomic E-state index is 9.55. The second-order valence-corrected chi connectivity index (χ2v) is 3.93. The first kappa shape index (κ1) is 11.0. The lowest BCUT2D eigenvalue weighted by atomic mass is 10.1. The Morgan fingerprint density at radius 1 is 1.46 bits per heavy atom. The van der Waals surface area contributed by atoms with Crippen molar-refractivity contribution in [1.29, 1.82) is 0 Å². The summed E-state index contributed by atoms with van der Waals surface area (Å²) in [4.78, 5) is 2.30. The first-order valence-corrected chi connectivity index (χ1v) is 5.17. The molecule has 0 spiro atoms. The summed E-state index contributed by atoms with van der Waals surface area (Å²) in [6, 6.07) is 0.376. The standard InChI is InChI=1S/C10H21N2O/c1-2-3-10(13)8-12-6-4-9(11)5-7-12/h9-10,13H,1-8,11H2. The van der Waals surface area contributed by atoms with E-state index >= 15 is 0 Å². The van der Waals surface area contributed by atoms with Gasteiger partial charge in [-0.3, -0.25) is 0 Å². The second-order valence-electron chi connectivity index (χ2n) is 3.93. The quantitative estimate of drug-likeness (QED) is 0.666. The van der Waals surface area contributed by atoms with Crippen LogP contribution in [0.2, 0.25) is 0 Å². The van der Waals surface area contributed by atoms with Gasteiger partial charge in [0.15, 0.2) is 0 Å². The van der Waals surface area contributed by atoms with Crippen molar-refractivity contribution < 1.29 is 5.11 Å². The fraction of sp³-hybridized carbons (Fsp3) is 0.900. The Bertz CT molecular complexity index is 133. The number of β-amino-alcohol motifs (C(OH)–C–C–N with tert-alkyl or cyclic N) is 1. The molecule has 77 valence electrons. The van der Waals surface area contributed by atoms with Crippen molar-refractivity contribution in [3.63, 3.8) is 0 Å². The smallest absolute Gasteiger partial charge is 0.0667 e. The Morgan fingerprint density at radius 3 is 2.62 bits per heavy atom. The Kier molecular flexibility index (Phi) is 4.70. The van der Waals surface area contributed by atoms with Crippen LogP contribution in [0.1, 0.15) is 25.7 Å². The molecule has 3 nitrogen and oxygen atoms in total. The third-order valence-electron chi connectivity index (χ3n) is 2.64. The molecule has 0 aromatic rings. The van der Waals surface area contributed by atoms with E-state index in [0.29, 0.717) is 6.04 Å². The summed E-state index contributed by atoms with van der Waals surface area (Å²) in [5.74, 6) is 0. The van der Waals surface area contributed by atoms with E-state index in [0.717, 1.165) is 45.3 Å². The minimum atomic E-state index is -0.202. The highest BCUT2D eigenvalue weighted by Crippen LogP contribution is 2.09. The fourth-order valence-corrected chi connectivity index (χ4v) is 1.76. The minimum absolute atomic E-state index is 0.202. The topological polar surface area (TPSA) is 49.5 Å². The molecule has 1 atom stereocenters. The van der Waals surface area contributed by atoms with Gasteiger partial charge in [-0.1, -0.05) is 13.3 Å². The second kappa shape index (κ2) is 5.58. The zero-order valence-corrected chi connectivity index (χ0v) is 8.28. The van der Waals surface area contributed by atoms with Gasteiger partial charge in [-0.05, 0) is 32.4 Å². The number of aliphatic hydroxyl groups excluding tert-OH is 1. The molecule has 1 radical (unpaired) electrons. The lowest BCUT2D eigenvalue weighted by molar-refractivity contribution is 0.0920. The number of rotatable bonds is 4. The van der Waals surface area contributed by atoms with Crippen LogP contribution in [0.5, 0.6) is 0 Å². The summed E-state index contributed by atoms with van der Waals surface area (Å²) >= 11 is 0. The zero-order valence-electron chi connectivity index (χ0n) is 8.28. The molecule has 1 saturated heterocycles. The van der Waals surface area contributed by atoms with Crippen LogP contribution in [0.3, 0.4) is 0 Å². The molecule has 0 amide bonds. The first-order valence-electron chi connectivity index (χ1n) is 5.17. The third-order valence-corrected chi connectivity index (χ3v) is 2.64. The average molecular weight is 185 g/mol. The van der Waals surface area contributed by atoms with Crippen LogP contribution in [0.25, 0.3) is 0 Å². The van der Waals surface area contributed by atoms with Gasteiger partial charge >= 0.3 is 0 Å². The lowest BCUT2D eigenvalue weighted by Gasteiger charge is -2.31. The van der Waals surface area contributed by atoms with E-state index in [9.17, 15) is 5.11 Å². The summed E-state index contributed by atoms with van der Waals surface area (Å²) in [7, 11) is 0. The van der Waals surface area contributed by atoms with Crippen LogP contribution >= 0.6 is 0 Å². The predicted molar refractivity (Wildman–Crippen MR) is 54.2 cm³/mol. The van der Waals surface area contributed by atoms with Crippen LogP contribution in [0.15, 0.2) is 0 Å². The van der Waals surface area contributed by atoms with Gasteiger partial charge in [0.25, 0.3) is 0 Å². The molecule has 1 unspecified atom stereocenters. The molecule has 13 heavy (non-hydrogen) atoms. The summed E-state index contributed by atoms with van der Waals surface area (Å²) in [5.41, 5.74) is 5.79. The third kappa shape index (κ3) is 4.07. The van der Waals surface area contributed by atoms with Gasteiger partial charge in [0.05, 0.1) is 6.10 Å². The number of piperidine rings is 1. The molecule has 1 aliphatic heterocycles. The molecule has 1 rings (SSSR count). The summed E-state index contributed by atoms with van der Waals surface area (Å²) in [6.45, 7) is 6.60. The van der Waals surface area contributed by atoms with Crippen LogP contribution < -0.4 is 5.73 Å². The number of aliphatic hydroxyl groups is 1. The monoisotopic (exact) mass is 185 g/mol. The summed E-state index contributed by atoms with van der Waals surface area (Å²) < 4.78 is 0. The molecule has 0 aromatic heterocycles. The van der Waals surface area contributed by atoms with Crippen LogP contribution in [-0.4, -0.2) is 41.8 Å². The molecular weight excluding hydrogens is 164 g/mol. The van der Waals surface area contributed by atoms with Crippen LogP contribution in [0.4, 0.5) is 0 Å². The first-order chi connectivity index (χ1) is 6.22. The number of nitrogens with two attached hydrogens (primary N) is 1. The average Bonchev–Trinajstić information content (AvgIpc) is 2.09. The van der Waals surface area contributed by atoms with Gasteiger partial charge in [-0.25, -0.2) is 0 Å². The molecule has 1 aliphatic rings. The van der Waals surface area contributed by atoms with Gasteiger partial charge < -0.3 is 15.7 Å².